The van der Waals surface area contributed by atoms with E-state index in [-0.39, 0.29) is 5.91 Å². The predicted octanol–water partition coefficient (Wildman–Crippen LogP) is 4.11. The van der Waals surface area contributed by atoms with Crippen LogP contribution >= 0.6 is 11.3 Å². The number of fused-ring (bicyclic) bond motifs is 1. The summed E-state index contributed by atoms with van der Waals surface area (Å²) in [4.78, 5) is 16.9. The lowest BCUT2D eigenvalue weighted by atomic mass is 10.3. The zero-order valence-electron chi connectivity index (χ0n) is 14.8. The summed E-state index contributed by atoms with van der Waals surface area (Å²) in [6.45, 7) is 4.22. The molecule has 0 aliphatic rings. The SMILES string of the molecule is CCOc1ccc2nc(NC(=O)C(C)Oc3ccccc3OC)sc2c1. The van der Waals surface area contributed by atoms with E-state index in [0.29, 0.717) is 23.2 Å². The van der Waals surface area contributed by atoms with Crippen molar-refractivity contribution in [3.8, 4) is 17.2 Å². The van der Waals surface area contributed by atoms with Gasteiger partial charge in [0.25, 0.3) is 5.91 Å². The van der Waals surface area contributed by atoms with Gasteiger partial charge in [-0.1, -0.05) is 23.5 Å². The molecule has 26 heavy (non-hydrogen) atoms. The molecule has 1 unspecified atom stereocenters. The minimum Gasteiger partial charge on any atom is -0.494 e. The first-order chi connectivity index (χ1) is 12.6. The maximum absolute atomic E-state index is 12.4. The van der Waals surface area contributed by atoms with Crippen molar-refractivity contribution in [2.75, 3.05) is 19.0 Å². The maximum Gasteiger partial charge on any atom is 0.266 e. The highest BCUT2D eigenvalue weighted by atomic mass is 32.1. The van der Waals surface area contributed by atoms with Gasteiger partial charge in [0, 0.05) is 0 Å². The highest BCUT2D eigenvalue weighted by Crippen LogP contribution is 2.30. The van der Waals surface area contributed by atoms with Crippen LogP contribution in [0.15, 0.2) is 42.5 Å². The minimum absolute atomic E-state index is 0.278. The van der Waals surface area contributed by atoms with E-state index in [9.17, 15) is 4.79 Å². The fourth-order valence-electron chi connectivity index (χ4n) is 2.38. The van der Waals surface area contributed by atoms with Crippen molar-refractivity contribution >= 4 is 32.6 Å². The summed E-state index contributed by atoms with van der Waals surface area (Å²) in [7, 11) is 1.56. The molecule has 1 amide bonds. The predicted molar refractivity (Wildman–Crippen MR) is 103 cm³/mol. The molecule has 1 atom stereocenters. The Morgan fingerprint density at radius 1 is 1.23 bits per heavy atom. The lowest BCUT2D eigenvalue weighted by Crippen LogP contribution is -2.30. The molecule has 1 N–H and O–H groups in total. The van der Waals surface area contributed by atoms with E-state index in [1.165, 1.54) is 11.3 Å². The number of rotatable bonds is 7. The van der Waals surface area contributed by atoms with Gasteiger partial charge in [-0.25, -0.2) is 4.98 Å². The minimum atomic E-state index is -0.697. The summed E-state index contributed by atoms with van der Waals surface area (Å²) in [6, 6.07) is 12.9. The maximum atomic E-state index is 12.4. The van der Waals surface area contributed by atoms with Gasteiger partial charge in [-0.2, -0.15) is 0 Å². The number of aromatic nitrogens is 1. The summed E-state index contributed by atoms with van der Waals surface area (Å²) in [5, 5.41) is 3.32. The van der Waals surface area contributed by atoms with E-state index in [0.717, 1.165) is 16.0 Å². The Kier molecular flexibility index (Phi) is 5.58. The molecule has 0 bridgehead atoms. The summed E-state index contributed by atoms with van der Waals surface area (Å²) in [5.74, 6) is 1.60. The number of hydrogen-bond acceptors (Lipinski definition) is 6. The Labute approximate surface area is 155 Å². The molecule has 1 heterocycles. The van der Waals surface area contributed by atoms with Gasteiger partial charge in [0.05, 0.1) is 23.9 Å². The van der Waals surface area contributed by atoms with E-state index in [4.69, 9.17) is 14.2 Å². The first-order valence-electron chi connectivity index (χ1n) is 8.24. The highest BCUT2D eigenvalue weighted by Gasteiger charge is 2.18. The molecule has 136 valence electrons. The van der Waals surface area contributed by atoms with Crippen LogP contribution in [0.25, 0.3) is 10.2 Å². The molecule has 2 aromatic carbocycles. The Morgan fingerprint density at radius 2 is 2.00 bits per heavy atom. The van der Waals surface area contributed by atoms with Gasteiger partial charge in [0.1, 0.15) is 5.75 Å². The molecule has 7 heteroatoms. The third kappa shape index (κ3) is 4.05. The summed E-state index contributed by atoms with van der Waals surface area (Å²) in [6.07, 6.45) is -0.697. The number of benzene rings is 2. The summed E-state index contributed by atoms with van der Waals surface area (Å²) in [5.41, 5.74) is 0.812. The van der Waals surface area contributed by atoms with Crippen molar-refractivity contribution in [2.24, 2.45) is 0 Å². The average molecular weight is 372 g/mol. The second-order valence-corrected chi connectivity index (χ2v) is 6.51. The van der Waals surface area contributed by atoms with E-state index in [1.807, 2.05) is 37.3 Å². The zero-order valence-corrected chi connectivity index (χ0v) is 15.6. The Bertz CT molecular complexity index is 909. The third-order valence-electron chi connectivity index (χ3n) is 3.64. The molecular weight excluding hydrogens is 352 g/mol. The fraction of sp³-hybridized carbons (Fsp3) is 0.263. The molecule has 0 saturated heterocycles. The van der Waals surface area contributed by atoms with E-state index in [1.54, 1.807) is 26.2 Å². The van der Waals surface area contributed by atoms with Gasteiger partial charge in [-0.15, -0.1) is 0 Å². The Balaban J connectivity index is 1.69. The Hall–Kier alpha value is -2.80. The highest BCUT2D eigenvalue weighted by molar-refractivity contribution is 7.22. The molecule has 3 rings (SSSR count). The zero-order chi connectivity index (χ0) is 18.5. The van der Waals surface area contributed by atoms with Gasteiger partial charge in [-0.3, -0.25) is 10.1 Å². The van der Waals surface area contributed by atoms with Gasteiger partial charge in [-0.05, 0) is 44.2 Å². The molecule has 3 aromatic rings. The number of amides is 1. The molecular formula is C19H20N2O4S. The second kappa shape index (κ2) is 8.05. The lowest BCUT2D eigenvalue weighted by molar-refractivity contribution is -0.122. The van der Waals surface area contributed by atoms with E-state index in [2.05, 4.69) is 10.3 Å². The third-order valence-corrected chi connectivity index (χ3v) is 4.58. The number of carbonyl (C=O) groups is 1. The van der Waals surface area contributed by atoms with Crippen molar-refractivity contribution in [1.29, 1.82) is 0 Å². The number of methoxy groups -OCH3 is 1. The van der Waals surface area contributed by atoms with Crippen LogP contribution in [-0.2, 0) is 4.79 Å². The van der Waals surface area contributed by atoms with Crippen molar-refractivity contribution in [1.82, 2.24) is 4.98 Å². The van der Waals surface area contributed by atoms with Crippen LogP contribution < -0.4 is 19.5 Å². The smallest absolute Gasteiger partial charge is 0.266 e. The molecule has 0 saturated carbocycles. The monoisotopic (exact) mass is 372 g/mol. The number of anilines is 1. The molecule has 0 spiro atoms. The average Bonchev–Trinajstić information content (AvgIpc) is 3.03. The fourth-order valence-corrected chi connectivity index (χ4v) is 3.28. The quantitative estimate of drug-likeness (QED) is 0.676. The first-order valence-corrected chi connectivity index (χ1v) is 9.06. The van der Waals surface area contributed by atoms with Crippen LogP contribution in [0.1, 0.15) is 13.8 Å². The van der Waals surface area contributed by atoms with Crippen LogP contribution in [0, 0.1) is 0 Å². The largest absolute Gasteiger partial charge is 0.494 e. The normalized spacial score (nSPS) is 11.8. The number of para-hydroxylation sites is 2. The molecule has 1 aromatic heterocycles. The number of ether oxygens (including phenoxy) is 3. The van der Waals surface area contributed by atoms with Crippen molar-refractivity contribution in [2.45, 2.75) is 20.0 Å². The van der Waals surface area contributed by atoms with Crippen LogP contribution in [0.5, 0.6) is 17.2 Å². The van der Waals surface area contributed by atoms with Crippen molar-refractivity contribution in [3.63, 3.8) is 0 Å². The van der Waals surface area contributed by atoms with Crippen molar-refractivity contribution < 1.29 is 19.0 Å². The number of carbonyl (C=O) groups excluding carboxylic acids is 1. The molecule has 0 aliphatic carbocycles. The summed E-state index contributed by atoms with van der Waals surface area (Å²) >= 11 is 1.39. The van der Waals surface area contributed by atoms with E-state index >= 15 is 0 Å². The number of hydrogen-bond donors (Lipinski definition) is 1. The lowest BCUT2D eigenvalue weighted by Gasteiger charge is -2.15. The number of thiazole rings is 1. The van der Waals surface area contributed by atoms with Crippen LogP contribution in [0.3, 0.4) is 0 Å². The molecule has 0 radical (unpaired) electrons. The van der Waals surface area contributed by atoms with Crippen LogP contribution in [0.2, 0.25) is 0 Å². The van der Waals surface area contributed by atoms with Gasteiger partial charge in [0.2, 0.25) is 0 Å². The van der Waals surface area contributed by atoms with Crippen molar-refractivity contribution in [3.05, 3.63) is 42.5 Å². The second-order valence-electron chi connectivity index (χ2n) is 5.48. The molecule has 0 fully saturated rings. The van der Waals surface area contributed by atoms with Gasteiger partial charge < -0.3 is 14.2 Å². The topological polar surface area (TPSA) is 69.7 Å². The van der Waals surface area contributed by atoms with Gasteiger partial charge >= 0.3 is 0 Å². The number of nitrogens with one attached hydrogen (secondary N) is 1. The standard InChI is InChI=1S/C19H20N2O4S/c1-4-24-13-9-10-14-17(11-13)26-19(20-14)21-18(22)12(2)25-16-8-6-5-7-15(16)23-3/h5-12H,4H2,1-3H3,(H,20,21,22). The van der Waals surface area contributed by atoms with E-state index < -0.39 is 6.10 Å². The number of nitrogens with zero attached hydrogens (tertiary/aromatic N) is 1. The molecule has 6 nitrogen and oxygen atoms in total. The Morgan fingerprint density at radius 3 is 2.73 bits per heavy atom. The first kappa shape index (κ1) is 18.0. The van der Waals surface area contributed by atoms with Crippen LogP contribution in [-0.4, -0.2) is 30.7 Å². The van der Waals surface area contributed by atoms with Crippen LogP contribution in [0.4, 0.5) is 5.13 Å². The molecule has 0 aliphatic heterocycles. The summed E-state index contributed by atoms with van der Waals surface area (Å²) < 4.78 is 17.4. The van der Waals surface area contributed by atoms with Gasteiger partial charge in [0.15, 0.2) is 22.7 Å².